The lowest BCUT2D eigenvalue weighted by molar-refractivity contribution is -0.118. The molecule has 0 spiro atoms. The fourth-order valence-corrected chi connectivity index (χ4v) is 2.98. The molecule has 8 heteroatoms. The Labute approximate surface area is 145 Å². The summed E-state index contributed by atoms with van der Waals surface area (Å²) in [4.78, 5) is 16.7. The van der Waals surface area contributed by atoms with E-state index in [1.807, 2.05) is 0 Å². The fraction of sp³-hybridized carbons (Fsp3) is 0.125. The van der Waals surface area contributed by atoms with Gasteiger partial charge in [0.25, 0.3) is 0 Å². The van der Waals surface area contributed by atoms with Gasteiger partial charge in [-0.15, -0.1) is 11.8 Å². The van der Waals surface area contributed by atoms with Crippen molar-refractivity contribution in [1.29, 1.82) is 0 Å². The molecule has 0 bridgehead atoms. The average molecular weight is 368 g/mol. The molecule has 1 amide bonds. The van der Waals surface area contributed by atoms with E-state index in [9.17, 15) is 13.6 Å². The van der Waals surface area contributed by atoms with Crippen LogP contribution in [0.15, 0.2) is 47.6 Å². The van der Waals surface area contributed by atoms with Crippen molar-refractivity contribution in [3.63, 3.8) is 0 Å². The smallest absolute Gasteiger partial charge is 0.230 e. The van der Waals surface area contributed by atoms with Crippen molar-refractivity contribution in [2.45, 2.75) is 11.4 Å². The van der Waals surface area contributed by atoms with Crippen molar-refractivity contribution in [2.75, 3.05) is 5.75 Å². The molecule has 0 saturated heterocycles. The Bertz CT molecular complexity index is 900. The number of fused-ring (bicyclic) bond motifs is 1. The van der Waals surface area contributed by atoms with E-state index in [1.165, 1.54) is 6.07 Å². The lowest BCUT2D eigenvalue weighted by atomic mass is 10.3. The number of carbonyl (C=O) groups is 1. The number of halogens is 3. The Kier molecular flexibility index (Phi) is 5.01. The topological polar surface area (TPSA) is 46.4 Å². The number of rotatable bonds is 5. The normalized spacial score (nSPS) is 11.0. The number of imidazole rings is 1. The molecule has 0 radical (unpaired) electrons. The molecular weight excluding hydrogens is 356 g/mol. The van der Waals surface area contributed by atoms with Crippen LogP contribution in [-0.2, 0) is 11.3 Å². The van der Waals surface area contributed by atoms with Gasteiger partial charge in [0, 0.05) is 17.3 Å². The van der Waals surface area contributed by atoms with Crippen LogP contribution in [-0.4, -0.2) is 21.0 Å². The number of amides is 1. The summed E-state index contributed by atoms with van der Waals surface area (Å²) in [7, 11) is 0. The molecule has 0 aliphatic carbocycles. The van der Waals surface area contributed by atoms with E-state index in [4.69, 9.17) is 11.6 Å². The van der Waals surface area contributed by atoms with Gasteiger partial charge in [0.1, 0.15) is 5.65 Å². The van der Waals surface area contributed by atoms with Gasteiger partial charge < -0.3 is 9.72 Å². The molecule has 0 fully saturated rings. The number of nitrogens with zero attached hydrogens (tertiary/aromatic N) is 2. The number of hydrogen-bond acceptors (Lipinski definition) is 3. The maximum Gasteiger partial charge on any atom is 0.230 e. The van der Waals surface area contributed by atoms with E-state index in [1.54, 1.807) is 28.9 Å². The number of nitrogens with one attached hydrogen (secondary N) is 1. The monoisotopic (exact) mass is 367 g/mol. The van der Waals surface area contributed by atoms with Crippen molar-refractivity contribution in [2.24, 2.45) is 0 Å². The lowest BCUT2D eigenvalue weighted by Crippen LogP contribution is -2.24. The number of benzene rings is 1. The first-order chi connectivity index (χ1) is 11.5. The molecule has 0 aliphatic rings. The number of aromatic nitrogens is 2. The predicted molar refractivity (Wildman–Crippen MR) is 89.1 cm³/mol. The summed E-state index contributed by atoms with van der Waals surface area (Å²) in [5.74, 6) is -1.95. The van der Waals surface area contributed by atoms with Crippen LogP contribution in [0.5, 0.6) is 0 Å². The molecule has 3 aromatic rings. The summed E-state index contributed by atoms with van der Waals surface area (Å²) in [5, 5.41) is 3.33. The molecule has 3 rings (SSSR count). The molecule has 0 aliphatic heterocycles. The van der Waals surface area contributed by atoms with E-state index in [0.717, 1.165) is 29.5 Å². The summed E-state index contributed by atoms with van der Waals surface area (Å²) in [6.45, 7) is 0.274. The van der Waals surface area contributed by atoms with Crippen LogP contribution in [0, 0.1) is 11.6 Å². The average Bonchev–Trinajstić information content (AvgIpc) is 2.96. The molecule has 2 aromatic heterocycles. The first-order valence-corrected chi connectivity index (χ1v) is 8.35. The zero-order valence-electron chi connectivity index (χ0n) is 12.3. The highest BCUT2D eigenvalue weighted by Gasteiger charge is 2.08. The van der Waals surface area contributed by atoms with Crippen molar-refractivity contribution < 1.29 is 13.6 Å². The molecule has 24 heavy (non-hydrogen) atoms. The molecular formula is C16H12ClF2N3OS. The van der Waals surface area contributed by atoms with Gasteiger partial charge in [-0.2, -0.15) is 0 Å². The molecule has 124 valence electrons. The van der Waals surface area contributed by atoms with Gasteiger partial charge in [-0.05, 0) is 30.3 Å². The summed E-state index contributed by atoms with van der Waals surface area (Å²) in [6.07, 6.45) is 3.51. The first-order valence-electron chi connectivity index (χ1n) is 6.99. The zero-order valence-corrected chi connectivity index (χ0v) is 13.9. The van der Waals surface area contributed by atoms with E-state index in [-0.39, 0.29) is 18.2 Å². The highest BCUT2D eigenvalue weighted by molar-refractivity contribution is 8.00. The number of carbonyl (C=O) groups excluding carboxylic acids is 1. The van der Waals surface area contributed by atoms with Crippen LogP contribution in [0.2, 0.25) is 5.02 Å². The van der Waals surface area contributed by atoms with Gasteiger partial charge in [0.2, 0.25) is 5.91 Å². The van der Waals surface area contributed by atoms with Gasteiger partial charge in [0.05, 0.1) is 23.0 Å². The van der Waals surface area contributed by atoms with E-state index in [2.05, 4.69) is 10.3 Å². The second-order valence-electron chi connectivity index (χ2n) is 4.99. The maximum absolute atomic E-state index is 13.1. The van der Waals surface area contributed by atoms with E-state index in [0.29, 0.717) is 15.6 Å². The standard InChI is InChI=1S/C16H12ClF2N3OS/c17-10-1-4-15-21-11(8-22(15)7-10)6-20-16(23)9-24-12-2-3-13(18)14(19)5-12/h1-5,7-8H,6,9H2,(H,20,23). The Morgan fingerprint density at radius 2 is 2.04 bits per heavy atom. The van der Waals surface area contributed by atoms with Crippen molar-refractivity contribution in [3.8, 4) is 0 Å². The second-order valence-corrected chi connectivity index (χ2v) is 6.47. The maximum atomic E-state index is 13.1. The summed E-state index contributed by atoms with van der Waals surface area (Å²) < 4.78 is 27.7. The lowest BCUT2D eigenvalue weighted by Gasteiger charge is -2.04. The minimum Gasteiger partial charge on any atom is -0.350 e. The van der Waals surface area contributed by atoms with Crippen LogP contribution in [0.3, 0.4) is 0 Å². The quantitative estimate of drug-likeness (QED) is 0.700. The second kappa shape index (κ2) is 7.19. The predicted octanol–water partition coefficient (Wildman–Crippen LogP) is 3.67. The molecule has 0 unspecified atom stereocenters. The zero-order chi connectivity index (χ0) is 17.1. The molecule has 0 atom stereocenters. The van der Waals surface area contributed by atoms with Crippen LogP contribution in [0.25, 0.3) is 5.65 Å². The van der Waals surface area contributed by atoms with Crippen molar-refractivity contribution in [1.82, 2.24) is 14.7 Å². The third-order valence-corrected chi connectivity index (χ3v) is 4.41. The highest BCUT2D eigenvalue weighted by atomic mass is 35.5. The van der Waals surface area contributed by atoms with Crippen LogP contribution >= 0.6 is 23.4 Å². The molecule has 1 N–H and O–H groups in total. The Morgan fingerprint density at radius 3 is 2.83 bits per heavy atom. The van der Waals surface area contributed by atoms with Crippen molar-refractivity contribution >= 4 is 34.9 Å². The molecule has 0 saturated carbocycles. The molecule has 2 heterocycles. The molecule has 4 nitrogen and oxygen atoms in total. The van der Waals surface area contributed by atoms with E-state index < -0.39 is 11.6 Å². The van der Waals surface area contributed by atoms with Gasteiger partial charge in [-0.25, -0.2) is 13.8 Å². The number of thioether (sulfide) groups is 1. The van der Waals surface area contributed by atoms with Gasteiger partial charge in [0.15, 0.2) is 11.6 Å². The SMILES string of the molecule is O=C(CSc1ccc(F)c(F)c1)NCc1cn2cc(Cl)ccc2n1. The minimum atomic E-state index is -0.927. The van der Waals surface area contributed by atoms with Gasteiger partial charge in [-0.3, -0.25) is 4.79 Å². The third-order valence-electron chi connectivity index (χ3n) is 3.19. The van der Waals surface area contributed by atoms with Crippen molar-refractivity contribution in [3.05, 3.63) is 65.1 Å². The Balaban J connectivity index is 1.53. The van der Waals surface area contributed by atoms with E-state index >= 15 is 0 Å². The number of hydrogen-bond donors (Lipinski definition) is 1. The minimum absolute atomic E-state index is 0.101. The van der Waals surface area contributed by atoms with Gasteiger partial charge in [-0.1, -0.05) is 11.6 Å². The summed E-state index contributed by atoms with van der Waals surface area (Å²) in [6, 6.07) is 7.07. The first kappa shape index (κ1) is 16.7. The molecule has 1 aromatic carbocycles. The van der Waals surface area contributed by atoms with Gasteiger partial charge >= 0.3 is 0 Å². The Hall–Kier alpha value is -2.12. The van der Waals surface area contributed by atoms with Crippen LogP contribution in [0.4, 0.5) is 8.78 Å². The fourth-order valence-electron chi connectivity index (χ4n) is 2.06. The number of pyridine rings is 1. The summed E-state index contributed by atoms with van der Waals surface area (Å²) in [5.41, 5.74) is 1.43. The largest absolute Gasteiger partial charge is 0.350 e. The third kappa shape index (κ3) is 4.04. The Morgan fingerprint density at radius 1 is 1.21 bits per heavy atom. The summed E-state index contributed by atoms with van der Waals surface area (Å²) >= 11 is 7.04. The highest BCUT2D eigenvalue weighted by Crippen LogP contribution is 2.20. The van der Waals surface area contributed by atoms with Crippen LogP contribution in [0.1, 0.15) is 5.69 Å². The van der Waals surface area contributed by atoms with Crippen LogP contribution < -0.4 is 5.32 Å².